The Hall–Kier alpha value is -1.62. The topological polar surface area (TPSA) is 74.2 Å². The molecule has 1 fully saturated rings. The third-order valence-electron chi connectivity index (χ3n) is 5.27. The highest BCUT2D eigenvalue weighted by Crippen LogP contribution is 2.41. The van der Waals surface area contributed by atoms with Gasteiger partial charge >= 0.3 is 6.03 Å². The Bertz CT molecular complexity index is 531. The lowest BCUT2D eigenvalue weighted by Crippen LogP contribution is -2.49. The predicted molar refractivity (Wildman–Crippen MR) is 95.5 cm³/mol. The molecule has 1 aliphatic rings. The lowest BCUT2D eigenvalue weighted by molar-refractivity contribution is -0.0218. The summed E-state index contributed by atoms with van der Waals surface area (Å²) in [5.41, 5.74) is 0.509. The zero-order valence-electron chi connectivity index (χ0n) is 15.3. The molecule has 1 unspecified atom stereocenters. The number of hydrogen-bond donors (Lipinski definition) is 3. The summed E-state index contributed by atoms with van der Waals surface area (Å²) in [6, 6.07) is 3.42. The lowest BCUT2D eigenvalue weighted by atomic mass is 9.68. The quantitative estimate of drug-likeness (QED) is 0.790. The average Bonchev–Trinajstić information content (AvgIpc) is 2.53. The van der Waals surface area contributed by atoms with Gasteiger partial charge in [0.15, 0.2) is 0 Å². The Morgan fingerprint density at radius 3 is 2.46 bits per heavy atom. The van der Waals surface area contributed by atoms with Crippen LogP contribution < -0.4 is 10.6 Å². The molecule has 2 amide bonds. The van der Waals surface area contributed by atoms with Gasteiger partial charge in [-0.1, -0.05) is 20.8 Å². The van der Waals surface area contributed by atoms with Crippen LogP contribution in [0.2, 0.25) is 0 Å². The number of aliphatic hydroxyl groups is 1. The van der Waals surface area contributed by atoms with Crippen molar-refractivity contribution in [2.45, 2.75) is 65.0 Å². The normalized spacial score (nSPS) is 25.8. The van der Waals surface area contributed by atoms with Crippen molar-refractivity contribution in [3.63, 3.8) is 0 Å². The Balaban J connectivity index is 1.78. The van der Waals surface area contributed by atoms with Crippen molar-refractivity contribution in [3.8, 4) is 0 Å². The lowest BCUT2D eigenvalue weighted by Gasteiger charge is -2.41. The van der Waals surface area contributed by atoms with E-state index >= 15 is 0 Å². The molecule has 0 aromatic carbocycles. The summed E-state index contributed by atoms with van der Waals surface area (Å²) < 4.78 is 0. The maximum absolute atomic E-state index is 12.1. The van der Waals surface area contributed by atoms with Crippen LogP contribution in [0.1, 0.15) is 65.0 Å². The molecule has 1 aromatic heterocycles. The third-order valence-corrected chi connectivity index (χ3v) is 5.27. The van der Waals surface area contributed by atoms with E-state index in [1.807, 2.05) is 19.1 Å². The van der Waals surface area contributed by atoms with Gasteiger partial charge in [-0.15, -0.1) is 0 Å². The monoisotopic (exact) mass is 333 g/mol. The van der Waals surface area contributed by atoms with Crippen LogP contribution in [0.4, 0.5) is 4.79 Å². The van der Waals surface area contributed by atoms with E-state index in [1.54, 1.807) is 12.4 Å². The van der Waals surface area contributed by atoms with E-state index in [4.69, 9.17) is 0 Å². The SMILES string of the molecule is CC(NC(=O)NCC1(O)CCC(C(C)(C)C)CC1)c1ccncc1. The summed E-state index contributed by atoms with van der Waals surface area (Å²) in [5, 5.41) is 16.4. The van der Waals surface area contributed by atoms with Gasteiger partial charge in [-0.2, -0.15) is 0 Å². The molecule has 134 valence electrons. The van der Waals surface area contributed by atoms with E-state index in [2.05, 4.69) is 36.4 Å². The van der Waals surface area contributed by atoms with Crippen LogP contribution in [-0.4, -0.2) is 28.3 Å². The molecule has 3 N–H and O–H groups in total. The maximum atomic E-state index is 12.1. The zero-order valence-corrected chi connectivity index (χ0v) is 15.3. The number of amides is 2. The minimum Gasteiger partial charge on any atom is -0.388 e. The number of carbonyl (C=O) groups is 1. The second-order valence-electron chi connectivity index (χ2n) is 8.19. The minimum absolute atomic E-state index is 0.0979. The summed E-state index contributed by atoms with van der Waals surface area (Å²) in [7, 11) is 0. The molecular weight excluding hydrogens is 302 g/mol. The highest BCUT2D eigenvalue weighted by atomic mass is 16.3. The standard InChI is InChI=1S/C19H31N3O2/c1-14(15-7-11-20-12-8-15)22-17(23)21-13-19(24)9-5-16(6-10-19)18(2,3)4/h7-8,11-12,14,16,24H,5-6,9-10,13H2,1-4H3,(H2,21,22,23). The number of pyridine rings is 1. The third kappa shape index (κ3) is 5.20. The van der Waals surface area contributed by atoms with E-state index in [1.165, 1.54) is 0 Å². The van der Waals surface area contributed by atoms with E-state index in [0.717, 1.165) is 31.2 Å². The Morgan fingerprint density at radius 2 is 1.92 bits per heavy atom. The largest absolute Gasteiger partial charge is 0.388 e. The van der Waals surface area contributed by atoms with Crippen molar-refractivity contribution in [2.75, 3.05) is 6.54 Å². The van der Waals surface area contributed by atoms with Gasteiger partial charge in [0.05, 0.1) is 11.6 Å². The Morgan fingerprint density at radius 1 is 1.33 bits per heavy atom. The van der Waals surface area contributed by atoms with Crippen LogP contribution in [-0.2, 0) is 0 Å². The first kappa shape index (κ1) is 18.7. The number of nitrogens with zero attached hydrogens (tertiary/aromatic N) is 1. The number of rotatable bonds is 4. The Labute approximate surface area is 145 Å². The van der Waals surface area contributed by atoms with Crippen molar-refractivity contribution in [1.29, 1.82) is 0 Å². The number of hydrogen-bond acceptors (Lipinski definition) is 3. The molecular formula is C19H31N3O2. The fourth-order valence-corrected chi connectivity index (χ4v) is 3.43. The van der Waals surface area contributed by atoms with Crippen LogP contribution in [0, 0.1) is 11.3 Å². The molecule has 5 heteroatoms. The first-order chi connectivity index (χ1) is 11.2. The van der Waals surface area contributed by atoms with Gasteiger partial charge in [-0.3, -0.25) is 4.98 Å². The summed E-state index contributed by atoms with van der Waals surface area (Å²) in [6.45, 7) is 9.01. The van der Waals surface area contributed by atoms with Crippen molar-refractivity contribution in [1.82, 2.24) is 15.6 Å². The van der Waals surface area contributed by atoms with Gasteiger partial charge in [-0.25, -0.2) is 4.79 Å². The van der Waals surface area contributed by atoms with Gasteiger partial charge in [0, 0.05) is 18.9 Å². The zero-order chi connectivity index (χ0) is 17.8. The van der Waals surface area contributed by atoms with E-state index in [9.17, 15) is 9.90 Å². The van der Waals surface area contributed by atoms with Gasteiger partial charge in [0.2, 0.25) is 0 Å². The highest BCUT2D eigenvalue weighted by Gasteiger charge is 2.37. The summed E-state index contributed by atoms with van der Waals surface area (Å²) in [4.78, 5) is 16.1. The van der Waals surface area contributed by atoms with Crippen molar-refractivity contribution < 1.29 is 9.90 Å². The smallest absolute Gasteiger partial charge is 0.315 e. The van der Waals surface area contributed by atoms with Crippen LogP contribution in [0.3, 0.4) is 0 Å². The maximum Gasteiger partial charge on any atom is 0.315 e. The minimum atomic E-state index is -0.779. The van der Waals surface area contributed by atoms with E-state index in [-0.39, 0.29) is 17.5 Å². The van der Waals surface area contributed by atoms with Crippen LogP contribution in [0.25, 0.3) is 0 Å². The summed E-state index contributed by atoms with van der Waals surface area (Å²) >= 11 is 0. The van der Waals surface area contributed by atoms with E-state index in [0.29, 0.717) is 12.5 Å². The molecule has 0 radical (unpaired) electrons. The van der Waals surface area contributed by atoms with Gasteiger partial charge in [-0.05, 0) is 61.6 Å². The molecule has 1 heterocycles. The second kappa shape index (κ2) is 7.51. The molecule has 0 saturated heterocycles. The molecule has 0 bridgehead atoms. The first-order valence-corrected chi connectivity index (χ1v) is 8.86. The Kier molecular flexibility index (Phi) is 5.86. The van der Waals surface area contributed by atoms with Crippen molar-refractivity contribution >= 4 is 6.03 Å². The van der Waals surface area contributed by atoms with Crippen molar-refractivity contribution in [3.05, 3.63) is 30.1 Å². The molecule has 5 nitrogen and oxygen atoms in total. The molecule has 1 saturated carbocycles. The molecule has 2 rings (SSSR count). The number of aromatic nitrogens is 1. The van der Waals surface area contributed by atoms with Gasteiger partial charge in [0.25, 0.3) is 0 Å². The number of carbonyl (C=O) groups excluding carboxylic acids is 1. The second-order valence-corrected chi connectivity index (χ2v) is 8.19. The molecule has 1 atom stereocenters. The van der Waals surface area contributed by atoms with Crippen LogP contribution >= 0.6 is 0 Å². The van der Waals surface area contributed by atoms with Crippen molar-refractivity contribution in [2.24, 2.45) is 11.3 Å². The molecule has 1 aromatic rings. The fraction of sp³-hybridized carbons (Fsp3) is 0.684. The van der Waals surface area contributed by atoms with Crippen LogP contribution in [0.15, 0.2) is 24.5 Å². The number of urea groups is 1. The van der Waals surface area contributed by atoms with Gasteiger partial charge < -0.3 is 15.7 Å². The van der Waals surface area contributed by atoms with E-state index < -0.39 is 5.60 Å². The predicted octanol–water partition coefficient (Wildman–Crippen LogP) is 3.41. The average molecular weight is 333 g/mol. The molecule has 24 heavy (non-hydrogen) atoms. The molecule has 0 spiro atoms. The highest BCUT2D eigenvalue weighted by molar-refractivity contribution is 5.74. The summed E-state index contributed by atoms with van der Waals surface area (Å²) in [5.74, 6) is 0.637. The molecule has 0 aliphatic heterocycles. The molecule has 1 aliphatic carbocycles. The first-order valence-electron chi connectivity index (χ1n) is 8.86. The van der Waals surface area contributed by atoms with Crippen LogP contribution in [0.5, 0.6) is 0 Å². The summed E-state index contributed by atoms with van der Waals surface area (Å²) in [6.07, 6.45) is 6.93. The fourth-order valence-electron chi connectivity index (χ4n) is 3.43. The van der Waals surface area contributed by atoms with Gasteiger partial charge in [0.1, 0.15) is 0 Å². The number of nitrogens with one attached hydrogen (secondary N) is 2.